The summed E-state index contributed by atoms with van der Waals surface area (Å²) in [5.41, 5.74) is 0. The third kappa shape index (κ3) is 2.31. The van der Waals surface area contributed by atoms with E-state index in [0.29, 0.717) is 11.7 Å². The lowest BCUT2D eigenvalue weighted by atomic mass is 10.4. The van der Waals surface area contributed by atoms with Crippen LogP contribution in [-0.4, -0.2) is 24.5 Å². The van der Waals surface area contributed by atoms with Crippen LogP contribution in [-0.2, 0) is 4.79 Å². The molecule has 1 fully saturated rings. The standard InChI is InChI=1S/C14H15N3O2/c18-11-17(12-5-1-2-8-15-12)14-7-6-13(19-14)16-9-3-4-10-16/h1-2,5-8,11H,3-4,9-10H2. The number of aromatic nitrogens is 1. The van der Waals surface area contributed by atoms with E-state index in [1.165, 1.54) is 17.7 Å². The molecule has 3 heterocycles. The van der Waals surface area contributed by atoms with Crippen LogP contribution >= 0.6 is 0 Å². The van der Waals surface area contributed by atoms with E-state index in [4.69, 9.17) is 4.42 Å². The first kappa shape index (κ1) is 11.8. The average molecular weight is 257 g/mol. The molecule has 98 valence electrons. The molecule has 0 atom stereocenters. The lowest BCUT2D eigenvalue weighted by Gasteiger charge is -2.15. The molecule has 1 saturated heterocycles. The van der Waals surface area contributed by atoms with E-state index in [2.05, 4.69) is 9.88 Å². The van der Waals surface area contributed by atoms with Crippen LogP contribution in [0.1, 0.15) is 12.8 Å². The SMILES string of the molecule is O=CN(c1ccccn1)c1ccc(N2CCCC2)o1. The Balaban J connectivity index is 1.86. The quantitative estimate of drug-likeness (QED) is 0.790. The number of rotatable bonds is 4. The minimum absolute atomic E-state index is 0.496. The van der Waals surface area contributed by atoms with Crippen molar-refractivity contribution in [3.05, 3.63) is 36.5 Å². The van der Waals surface area contributed by atoms with Crippen LogP contribution in [0, 0.1) is 0 Å². The highest BCUT2D eigenvalue weighted by molar-refractivity contribution is 5.82. The van der Waals surface area contributed by atoms with Crippen molar-refractivity contribution in [3.63, 3.8) is 0 Å². The maximum Gasteiger partial charge on any atom is 0.222 e. The molecule has 2 aromatic rings. The molecule has 0 aromatic carbocycles. The van der Waals surface area contributed by atoms with E-state index in [0.717, 1.165) is 25.4 Å². The molecular weight excluding hydrogens is 242 g/mol. The Kier molecular flexibility index (Phi) is 3.18. The summed E-state index contributed by atoms with van der Waals surface area (Å²) in [5, 5.41) is 0. The molecule has 0 spiro atoms. The second kappa shape index (κ2) is 5.14. The molecule has 0 radical (unpaired) electrons. The van der Waals surface area contributed by atoms with Gasteiger partial charge < -0.3 is 9.32 Å². The van der Waals surface area contributed by atoms with Crippen LogP contribution in [0.25, 0.3) is 0 Å². The Bertz CT molecular complexity index is 547. The molecular formula is C14H15N3O2. The van der Waals surface area contributed by atoms with Crippen LogP contribution in [0.5, 0.6) is 0 Å². The fraction of sp³-hybridized carbons (Fsp3) is 0.286. The molecule has 5 nitrogen and oxygen atoms in total. The van der Waals surface area contributed by atoms with Crippen molar-refractivity contribution in [2.24, 2.45) is 0 Å². The van der Waals surface area contributed by atoms with Crippen LogP contribution in [0.2, 0.25) is 0 Å². The predicted octanol–water partition coefficient (Wildman–Crippen LogP) is 2.57. The number of carbonyl (C=O) groups is 1. The molecule has 0 saturated carbocycles. The molecule has 1 aliphatic heterocycles. The van der Waals surface area contributed by atoms with Gasteiger partial charge in [0, 0.05) is 31.4 Å². The number of hydrogen-bond donors (Lipinski definition) is 0. The topological polar surface area (TPSA) is 49.6 Å². The third-order valence-electron chi connectivity index (χ3n) is 3.23. The van der Waals surface area contributed by atoms with Crippen LogP contribution in [0.3, 0.4) is 0 Å². The smallest absolute Gasteiger partial charge is 0.222 e. The number of nitrogens with zero attached hydrogens (tertiary/aromatic N) is 3. The van der Waals surface area contributed by atoms with Gasteiger partial charge in [-0.25, -0.2) is 9.88 Å². The van der Waals surface area contributed by atoms with Gasteiger partial charge in [-0.2, -0.15) is 0 Å². The molecule has 1 amide bonds. The normalized spacial score (nSPS) is 14.6. The van der Waals surface area contributed by atoms with E-state index in [1.54, 1.807) is 18.3 Å². The molecule has 0 N–H and O–H groups in total. The number of anilines is 3. The van der Waals surface area contributed by atoms with E-state index in [9.17, 15) is 4.79 Å². The minimum Gasteiger partial charge on any atom is -0.424 e. The Labute approximate surface area is 111 Å². The molecule has 0 unspecified atom stereocenters. The van der Waals surface area contributed by atoms with Gasteiger partial charge in [0.2, 0.25) is 12.3 Å². The fourth-order valence-corrected chi connectivity index (χ4v) is 2.27. The lowest BCUT2D eigenvalue weighted by molar-refractivity contribution is -0.107. The predicted molar refractivity (Wildman–Crippen MR) is 72.6 cm³/mol. The van der Waals surface area contributed by atoms with E-state index >= 15 is 0 Å². The Morgan fingerprint density at radius 3 is 2.74 bits per heavy atom. The molecule has 5 heteroatoms. The van der Waals surface area contributed by atoms with Crippen molar-refractivity contribution < 1.29 is 9.21 Å². The van der Waals surface area contributed by atoms with Crippen molar-refractivity contribution in [1.82, 2.24) is 4.98 Å². The molecule has 1 aliphatic rings. The number of amides is 1. The van der Waals surface area contributed by atoms with Gasteiger partial charge in [-0.05, 0) is 25.0 Å². The van der Waals surface area contributed by atoms with E-state index < -0.39 is 0 Å². The number of carbonyl (C=O) groups excluding carboxylic acids is 1. The first-order valence-electron chi connectivity index (χ1n) is 6.39. The second-order valence-corrected chi connectivity index (χ2v) is 4.47. The maximum absolute atomic E-state index is 11.2. The summed E-state index contributed by atoms with van der Waals surface area (Å²) >= 11 is 0. The largest absolute Gasteiger partial charge is 0.424 e. The van der Waals surface area contributed by atoms with Crippen molar-refractivity contribution in [1.29, 1.82) is 0 Å². The summed E-state index contributed by atoms with van der Waals surface area (Å²) in [6, 6.07) is 9.12. The van der Waals surface area contributed by atoms with Crippen LogP contribution in [0.15, 0.2) is 40.9 Å². The Morgan fingerprint density at radius 2 is 2.05 bits per heavy atom. The summed E-state index contributed by atoms with van der Waals surface area (Å²) in [6.07, 6.45) is 4.74. The van der Waals surface area contributed by atoms with Crippen molar-refractivity contribution >= 4 is 24.0 Å². The molecule has 0 bridgehead atoms. The minimum atomic E-state index is 0.496. The van der Waals surface area contributed by atoms with Crippen LogP contribution in [0.4, 0.5) is 17.6 Å². The third-order valence-corrected chi connectivity index (χ3v) is 3.23. The van der Waals surface area contributed by atoms with Gasteiger partial charge in [-0.15, -0.1) is 0 Å². The summed E-state index contributed by atoms with van der Waals surface area (Å²) in [7, 11) is 0. The fourth-order valence-electron chi connectivity index (χ4n) is 2.27. The molecule has 2 aromatic heterocycles. The molecule has 3 rings (SSSR count). The summed E-state index contributed by atoms with van der Waals surface area (Å²) < 4.78 is 5.76. The van der Waals surface area contributed by atoms with E-state index in [-0.39, 0.29) is 0 Å². The van der Waals surface area contributed by atoms with Crippen LogP contribution < -0.4 is 9.80 Å². The summed E-state index contributed by atoms with van der Waals surface area (Å²) in [4.78, 5) is 19.0. The highest BCUT2D eigenvalue weighted by Gasteiger charge is 2.18. The van der Waals surface area contributed by atoms with Crippen molar-refractivity contribution in [2.45, 2.75) is 12.8 Å². The van der Waals surface area contributed by atoms with Gasteiger partial charge in [0.15, 0.2) is 5.88 Å². The molecule has 19 heavy (non-hydrogen) atoms. The average Bonchev–Trinajstić information content (AvgIpc) is 3.11. The van der Waals surface area contributed by atoms with Gasteiger partial charge in [0.05, 0.1) is 0 Å². The first-order valence-corrected chi connectivity index (χ1v) is 6.39. The number of hydrogen-bond acceptors (Lipinski definition) is 4. The Hall–Kier alpha value is -2.30. The second-order valence-electron chi connectivity index (χ2n) is 4.47. The summed E-state index contributed by atoms with van der Waals surface area (Å²) in [6.45, 7) is 2.02. The van der Waals surface area contributed by atoms with Gasteiger partial charge in [0.1, 0.15) is 5.82 Å². The monoisotopic (exact) mass is 257 g/mol. The maximum atomic E-state index is 11.2. The highest BCUT2D eigenvalue weighted by Crippen LogP contribution is 2.30. The van der Waals surface area contributed by atoms with E-state index in [1.807, 2.05) is 18.2 Å². The van der Waals surface area contributed by atoms with Gasteiger partial charge >= 0.3 is 0 Å². The molecule has 0 aliphatic carbocycles. The van der Waals surface area contributed by atoms with Gasteiger partial charge in [0.25, 0.3) is 0 Å². The van der Waals surface area contributed by atoms with Gasteiger partial charge in [-0.1, -0.05) is 6.07 Å². The number of pyridine rings is 1. The van der Waals surface area contributed by atoms with Gasteiger partial charge in [-0.3, -0.25) is 4.79 Å². The van der Waals surface area contributed by atoms with Crippen molar-refractivity contribution in [3.8, 4) is 0 Å². The Morgan fingerprint density at radius 1 is 1.21 bits per heavy atom. The first-order chi connectivity index (χ1) is 9.38. The van der Waals surface area contributed by atoms with Crippen molar-refractivity contribution in [2.75, 3.05) is 22.9 Å². The zero-order chi connectivity index (χ0) is 13.1. The zero-order valence-corrected chi connectivity index (χ0v) is 10.5. The highest BCUT2D eigenvalue weighted by atomic mass is 16.4. The lowest BCUT2D eigenvalue weighted by Crippen LogP contribution is -2.17. The zero-order valence-electron chi connectivity index (χ0n) is 10.5. The summed E-state index contributed by atoms with van der Waals surface area (Å²) in [5.74, 6) is 1.87. The number of furan rings is 1.